The third kappa shape index (κ3) is 2.91. The molecule has 0 aromatic heterocycles. The largest absolute Gasteiger partial charge is 0.369 e. The van der Waals surface area contributed by atoms with E-state index in [1.54, 1.807) is 0 Å². The van der Waals surface area contributed by atoms with E-state index >= 15 is 0 Å². The number of nitrogens with one attached hydrogen (secondary N) is 1. The molecule has 1 saturated heterocycles. The van der Waals surface area contributed by atoms with Crippen LogP contribution in [0.5, 0.6) is 0 Å². The topological polar surface area (TPSA) is 101 Å². The number of primary amides is 1. The third-order valence-corrected chi connectivity index (χ3v) is 3.49. The predicted octanol–water partition coefficient (Wildman–Crippen LogP) is -0.475. The molecule has 19 heavy (non-hydrogen) atoms. The van der Waals surface area contributed by atoms with E-state index in [2.05, 4.69) is 5.43 Å². The molecule has 2 atom stereocenters. The summed E-state index contributed by atoms with van der Waals surface area (Å²) in [6, 6.07) is 8.89. The Morgan fingerprint density at radius 2 is 2.00 bits per heavy atom. The summed E-state index contributed by atoms with van der Waals surface area (Å²) in [6.07, 6.45) is 0.677. The molecule has 0 spiro atoms. The van der Waals surface area contributed by atoms with Crippen LogP contribution in [0.4, 0.5) is 0 Å². The second kappa shape index (κ2) is 5.81. The number of hydrazine groups is 1. The minimum atomic E-state index is -0.476. The number of rotatable bonds is 4. The quantitative estimate of drug-likeness (QED) is 0.387. The van der Waals surface area contributed by atoms with Crippen molar-refractivity contribution in [2.75, 3.05) is 13.1 Å². The molecule has 1 aromatic rings. The highest BCUT2D eigenvalue weighted by atomic mass is 16.2. The van der Waals surface area contributed by atoms with Crippen molar-refractivity contribution in [2.45, 2.75) is 12.5 Å². The van der Waals surface area contributed by atoms with Gasteiger partial charge >= 0.3 is 0 Å². The average molecular weight is 262 g/mol. The first-order chi connectivity index (χ1) is 9.13. The van der Waals surface area contributed by atoms with Gasteiger partial charge in [-0.3, -0.25) is 19.9 Å². The summed E-state index contributed by atoms with van der Waals surface area (Å²) in [4.78, 5) is 25.1. The number of amides is 2. The third-order valence-electron chi connectivity index (χ3n) is 3.49. The van der Waals surface area contributed by atoms with Crippen LogP contribution in [0.15, 0.2) is 30.3 Å². The number of likely N-dealkylation sites (tertiary alicyclic amines) is 1. The fraction of sp³-hybridized carbons (Fsp3) is 0.385. The highest BCUT2D eigenvalue weighted by Gasteiger charge is 2.35. The molecule has 0 aliphatic carbocycles. The normalized spacial score (nSPS) is 21.0. The number of benzene rings is 1. The summed E-state index contributed by atoms with van der Waals surface area (Å²) in [5.74, 6) is 4.46. The van der Waals surface area contributed by atoms with Crippen LogP contribution in [-0.4, -0.2) is 29.8 Å². The van der Waals surface area contributed by atoms with Crippen LogP contribution in [-0.2, 0) is 9.59 Å². The molecule has 5 N–H and O–H groups in total. The lowest BCUT2D eigenvalue weighted by molar-refractivity contribution is -0.127. The van der Waals surface area contributed by atoms with Gasteiger partial charge in [0.05, 0.1) is 5.92 Å². The number of hydrogen-bond acceptors (Lipinski definition) is 4. The molecule has 2 unspecified atom stereocenters. The lowest BCUT2D eigenvalue weighted by atomic mass is 10.0. The van der Waals surface area contributed by atoms with Gasteiger partial charge in [-0.2, -0.15) is 0 Å². The smallest absolute Gasteiger partial charge is 0.255 e. The summed E-state index contributed by atoms with van der Waals surface area (Å²) >= 11 is 0. The molecule has 0 bridgehead atoms. The Balaban J connectivity index is 2.20. The van der Waals surface area contributed by atoms with Crippen LogP contribution in [0.2, 0.25) is 0 Å². The monoisotopic (exact) mass is 262 g/mol. The zero-order valence-electron chi connectivity index (χ0n) is 10.6. The SMILES string of the molecule is NNC(=O)C(c1ccccc1)N1CCC(C(N)=O)C1. The van der Waals surface area contributed by atoms with E-state index in [1.807, 2.05) is 35.2 Å². The molecular weight excluding hydrogens is 244 g/mol. The highest BCUT2D eigenvalue weighted by Crippen LogP contribution is 2.27. The molecular formula is C13H18N4O2. The minimum Gasteiger partial charge on any atom is -0.369 e. The van der Waals surface area contributed by atoms with E-state index in [-0.39, 0.29) is 17.7 Å². The molecule has 102 valence electrons. The number of nitrogens with zero attached hydrogens (tertiary/aromatic N) is 1. The molecule has 1 heterocycles. The van der Waals surface area contributed by atoms with Gasteiger partial charge in [-0.1, -0.05) is 30.3 Å². The summed E-state index contributed by atoms with van der Waals surface area (Å²) < 4.78 is 0. The molecule has 6 nitrogen and oxygen atoms in total. The number of carbonyl (C=O) groups excluding carboxylic acids is 2. The molecule has 1 aromatic carbocycles. The van der Waals surface area contributed by atoms with Crippen LogP contribution in [0.3, 0.4) is 0 Å². The maximum atomic E-state index is 12.0. The molecule has 1 aliphatic rings. The van der Waals surface area contributed by atoms with Crippen LogP contribution in [0.25, 0.3) is 0 Å². The standard InChI is InChI=1S/C13H18N4O2/c14-12(18)10-6-7-17(8-10)11(13(19)16-15)9-4-2-1-3-5-9/h1-5,10-11H,6-8,15H2,(H2,14,18)(H,16,19). The number of hydrogen-bond donors (Lipinski definition) is 3. The molecule has 1 aliphatic heterocycles. The highest BCUT2D eigenvalue weighted by molar-refractivity contribution is 5.83. The maximum Gasteiger partial charge on any atom is 0.255 e. The predicted molar refractivity (Wildman–Crippen MR) is 70.4 cm³/mol. The molecule has 0 saturated carbocycles. The van der Waals surface area contributed by atoms with Crippen molar-refractivity contribution in [3.05, 3.63) is 35.9 Å². The fourth-order valence-corrected chi connectivity index (χ4v) is 2.50. The van der Waals surface area contributed by atoms with Gasteiger partial charge in [0.25, 0.3) is 5.91 Å². The second-order valence-corrected chi connectivity index (χ2v) is 4.70. The van der Waals surface area contributed by atoms with E-state index in [0.29, 0.717) is 19.5 Å². The minimum absolute atomic E-state index is 0.197. The van der Waals surface area contributed by atoms with Crippen molar-refractivity contribution >= 4 is 11.8 Å². The Hall–Kier alpha value is -1.92. The van der Waals surface area contributed by atoms with Crippen molar-refractivity contribution in [1.29, 1.82) is 0 Å². The second-order valence-electron chi connectivity index (χ2n) is 4.70. The van der Waals surface area contributed by atoms with Crippen molar-refractivity contribution in [3.63, 3.8) is 0 Å². The maximum absolute atomic E-state index is 12.0. The van der Waals surface area contributed by atoms with Crippen LogP contribution in [0, 0.1) is 5.92 Å². The Morgan fingerprint density at radius 3 is 2.53 bits per heavy atom. The van der Waals surface area contributed by atoms with Gasteiger partial charge in [0.2, 0.25) is 5.91 Å². The van der Waals surface area contributed by atoms with Crippen LogP contribution in [0.1, 0.15) is 18.0 Å². The van der Waals surface area contributed by atoms with E-state index < -0.39 is 6.04 Å². The molecule has 0 radical (unpaired) electrons. The first kappa shape index (κ1) is 13.5. The van der Waals surface area contributed by atoms with Crippen molar-refractivity contribution in [2.24, 2.45) is 17.5 Å². The van der Waals surface area contributed by atoms with E-state index in [0.717, 1.165) is 5.56 Å². The van der Waals surface area contributed by atoms with Crippen molar-refractivity contribution in [1.82, 2.24) is 10.3 Å². The summed E-state index contributed by atoms with van der Waals surface area (Å²) in [5.41, 5.74) is 8.36. The summed E-state index contributed by atoms with van der Waals surface area (Å²) in [7, 11) is 0. The molecule has 6 heteroatoms. The first-order valence-corrected chi connectivity index (χ1v) is 6.22. The number of carbonyl (C=O) groups is 2. The van der Waals surface area contributed by atoms with Gasteiger partial charge in [0, 0.05) is 13.1 Å². The fourth-order valence-electron chi connectivity index (χ4n) is 2.50. The zero-order valence-corrected chi connectivity index (χ0v) is 10.6. The Morgan fingerprint density at radius 1 is 1.32 bits per heavy atom. The van der Waals surface area contributed by atoms with Crippen molar-refractivity contribution in [3.8, 4) is 0 Å². The van der Waals surface area contributed by atoms with E-state index in [9.17, 15) is 9.59 Å². The summed E-state index contributed by atoms with van der Waals surface area (Å²) in [6.45, 7) is 1.14. The molecule has 2 rings (SSSR count). The van der Waals surface area contributed by atoms with Gasteiger partial charge in [0.15, 0.2) is 0 Å². The van der Waals surface area contributed by atoms with Crippen molar-refractivity contribution < 1.29 is 9.59 Å². The van der Waals surface area contributed by atoms with E-state index in [4.69, 9.17) is 11.6 Å². The van der Waals surface area contributed by atoms with Gasteiger partial charge in [-0.05, 0) is 12.0 Å². The summed E-state index contributed by atoms with van der Waals surface area (Å²) in [5, 5.41) is 0. The van der Waals surface area contributed by atoms with Gasteiger partial charge in [-0.15, -0.1) is 0 Å². The average Bonchev–Trinajstić information content (AvgIpc) is 2.89. The van der Waals surface area contributed by atoms with Gasteiger partial charge in [0.1, 0.15) is 6.04 Å². The molecule has 1 fully saturated rings. The van der Waals surface area contributed by atoms with Crippen LogP contribution < -0.4 is 17.0 Å². The number of nitrogens with two attached hydrogens (primary N) is 2. The zero-order chi connectivity index (χ0) is 13.8. The van der Waals surface area contributed by atoms with Crippen LogP contribution >= 0.6 is 0 Å². The Kier molecular flexibility index (Phi) is 4.13. The molecule has 2 amide bonds. The lowest BCUT2D eigenvalue weighted by Gasteiger charge is -2.26. The Bertz CT molecular complexity index is 463. The first-order valence-electron chi connectivity index (χ1n) is 6.22. The van der Waals surface area contributed by atoms with Gasteiger partial charge < -0.3 is 5.73 Å². The lowest BCUT2D eigenvalue weighted by Crippen LogP contribution is -2.43. The van der Waals surface area contributed by atoms with Gasteiger partial charge in [-0.25, -0.2) is 5.84 Å². The van der Waals surface area contributed by atoms with E-state index in [1.165, 1.54) is 0 Å². The Labute approximate surface area is 111 Å².